The first kappa shape index (κ1) is 18.9. The first-order valence-electron chi connectivity index (χ1n) is 9.69. The Hall–Kier alpha value is -3.42. The van der Waals surface area contributed by atoms with Crippen LogP contribution in [0.4, 0.5) is 5.82 Å². The van der Waals surface area contributed by atoms with Crippen molar-refractivity contribution in [3.8, 4) is 0 Å². The molecule has 0 aliphatic carbocycles. The predicted octanol–water partition coefficient (Wildman–Crippen LogP) is 2.41. The predicted molar refractivity (Wildman–Crippen MR) is 109 cm³/mol. The Morgan fingerprint density at radius 1 is 1.14 bits per heavy atom. The van der Waals surface area contributed by atoms with E-state index in [1.54, 1.807) is 13.0 Å². The molecular weight excluding hydrogens is 370 g/mol. The van der Waals surface area contributed by atoms with Crippen LogP contribution in [0.1, 0.15) is 33.3 Å². The SMILES string of the molecule is CCOC(=O)c1ccc(N2CCN(C(=O)c3n[nH]c4ccc(C)cc34)CC2)nc1. The molecule has 1 aliphatic rings. The Morgan fingerprint density at radius 2 is 1.93 bits per heavy atom. The Bertz CT molecular complexity index is 1040. The number of aryl methyl sites for hydroxylation is 1. The van der Waals surface area contributed by atoms with Crippen molar-refractivity contribution in [3.05, 3.63) is 53.3 Å². The van der Waals surface area contributed by atoms with E-state index in [1.807, 2.05) is 36.1 Å². The maximum absolute atomic E-state index is 13.0. The number of anilines is 1. The zero-order chi connectivity index (χ0) is 20.4. The smallest absolute Gasteiger partial charge is 0.339 e. The van der Waals surface area contributed by atoms with Gasteiger partial charge in [0.25, 0.3) is 5.91 Å². The number of esters is 1. The molecule has 1 N–H and O–H groups in total. The van der Waals surface area contributed by atoms with Gasteiger partial charge in [0.15, 0.2) is 5.69 Å². The summed E-state index contributed by atoms with van der Waals surface area (Å²) in [6.45, 7) is 6.60. The van der Waals surface area contributed by atoms with E-state index < -0.39 is 0 Å². The molecule has 1 aromatic carbocycles. The van der Waals surface area contributed by atoms with E-state index in [0.717, 1.165) is 22.3 Å². The zero-order valence-electron chi connectivity index (χ0n) is 16.5. The summed E-state index contributed by atoms with van der Waals surface area (Å²) in [6.07, 6.45) is 1.53. The highest BCUT2D eigenvalue weighted by atomic mass is 16.5. The van der Waals surface area contributed by atoms with Crippen molar-refractivity contribution in [2.75, 3.05) is 37.7 Å². The maximum atomic E-state index is 13.0. The molecule has 0 unspecified atom stereocenters. The monoisotopic (exact) mass is 393 g/mol. The fourth-order valence-corrected chi connectivity index (χ4v) is 3.49. The summed E-state index contributed by atoms with van der Waals surface area (Å²) in [7, 11) is 0. The summed E-state index contributed by atoms with van der Waals surface area (Å²) in [5, 5.41) is 8.04. The molecule has 8 nitrogen and oxygen atoms in total. The largest absolute Gasteiger partial charge is 0.462 e. The number of carbonyl (C=O) groups is 2. The summed E-state index contributed by atoms with van der Waals surface area (Å²) in [4.78, 5) is 33.0. The van der Waals surface area contributed by atoms with E-state index in [2.05, 4.69) is 20.1 Å². The van der Waals surface area contributed by atoms with Gasteiger partial charge in [-0.25, -0.2) is 9.78 Å². The third-order valence-corrected chi connectivity index (χ3v) is 5.07. The minimum atomic E-state index is -0.372. The number of carbonyl (C=O) groups excluding carboxylic acids is 2. The van der Waals surface area contributed by atoms with E-state index in [9.17, 15) is 9.59 Å². The number of rotatable bonds is 4. The van der Waals surface area contributed by atoms with Crippen LogP contribution in [0, 0.1) is 6.92 Å². The van der Waals surface area contributed by atoms with Gasteiger partial charge in [0.2, 0.25) is 0 Å². The van der Waals surface area contributed by atoms with E-state index in [0.29, 0.717) is 44.0 Å². The second kappa shape index (κ2) is 7.90. The molecule has 0 bridgehead atoms. The number of ether oxygens (including phenoxy) is 1. The van der Waals surface area contributed by atoms with Crippen LogP contribution < -0.4 is 4.90 Å². The van der Waals surface area contributed by atoms with Crippen LogP contribution in [0.15, 0.2) is 36.5 Å². The number of amides is 1. The van der Waals surface area contributed by atoms with Crippen LogP contribution in [0.3, 0.4) is 0 Å². The number of pyridine rings is 1. The molecule has 0 atom stereocenters. The number of hydrogen-bond acceptors (Lipinski definition) is 6. The Labute approximate surface area is 168 Å². The highest BCUT2D eigenvalue weighted by Crippen LogP contribution is 2.21. The van der Waals surface area contributed by atoms with Crippen molar-refractivity contribution in [2.24, 2.45) is 0 Å². The van der Waals surface area contributed by atoms with Crippen molar-refractivity contribution in [3.63, 3.8) is 0 Å². The van der Waals surface area contributed by atoms with Gasteiger partial charge in [0.1, 0.15) is 5.82 Å². The summed E-state index contributed by atoms with van der Waals surface area (Å²) in [5.74, 6) is 0.349. The first-order valence-corrected chi connectivity index (χ1v) is 9.69. The molecule has 4 rings (SSSR count). The van der Waals surface area contributed by atoms with Crippen LogP contribution in [0.25, 0.3) is 10.9 Å². The Balaban J connectivity index is 1.42. The molecule has 29 heavy (non-hydrogen) atoms. The number of fused-ring (bicyclic) bond motifs is 1. The molecule has 0 saturated carbocycles. The third-order valence-electron chi connectivity index (χ3n) is 5.07. The third kappa shape index (κ3) is 3.78. The van der Waals surface area contributed by atoms with Gasteiger partial charge in [-0.1, -0.05) is 11.6 Å². The molecule has 3 heterocycles. The van der Waals surface area contributed by atoms with Crippen molar-refractivity contribution >= 4 is 28.6 Å². The van der Waals surface area contributed by atoms with Gasteiger partial charge in [0, 0.05) is 37.8 Å². The molecule has 1 aliphatic heterocycles. The van der Waals surface area contributed by atoms with Crippen LogP contribution in [0.2, 0.25) is 0 Å². The van der Waals surface area contributed by atoms with Crippen molar-refractivity contribution in [1.82, 2.24) is 20.1 Å². The fourth-order valence-electron chi connectivity index (χ4n) is 3.49. The highest BCUT2D eigenvalue weighted by Gasteiger charge is 2.26. The van der Waals surface area contributed by atoms with Gasteiger partial charge >= 0.3 is 5.97 Å². The van der Waals surface area contributed by atoms with E-state index in [4.69, 9.17) is 4.74 Å². The minimum absolute atomic E-state index is 0.0629. The summed E-state index contributed by atoms with van der Waals surface area (Å²) in [5.41, 5.74) is 2.86. The van der Waals surface area contributed by atoms with Crippen molar-refractivity contribution in [1.29, 1.82) is 0 Å². The molecule has 0 spiro atoms. The average molecular weight is 393 g/mol. The minimum Gasteiger partial charge on any atom is -0.462 e. The summed E-state index contributed by atoms with van der Waals surface area (Å²) in [6, 6.07) is 9.45. The number of nitrogens with one attached hydrogen (secondary N) is 1. The first-order chi connectivity index (χ1) is 14.1. The molecule has 150 valence electrons. The molecule has 2 aromatic heterocycles. The number of aromatic amines is 1. The van der Waals surface area contributed by atoms with Gasteiger partial charge in [-0.2, -0.15) is 5.10 Å². The van der Waals surface area contributed by atoms with E-state index in [1.165, 1.54) is 6.20 Å². The van der Waals surface area contributed by atoms with Gasteiger partial charge < -0.3 is 14.5 Å². The topological polar surface area (TPSA) is 91.4 Å². The fraction of sp³-hybridized carbons (Fsp3) is 0.333. The van der Waals surface area contributed by atoms with Crippen molar-refractivity contribution < 1.29 is 14.3 Å². The van der Waals surface area contributed by atoms with Gasteiger partial charge in [0.05, 0.1) is 17.7 Å². The lowest BCUT2D eigenvalue weighted by molar-refractivity contribution is 0.0525. The molecule has 1 saturated heterocycles. The van der Waals surface area contributed by atoms with Crippen molar-refractivity contribution in [2.45, 2.75) is 13.8 Å². The molecule has 1 amide bonds. The molecule has 3 aromatic rings. The lowest BCUT2D eigenvalue weighted by Crippen LogP contribution is -2.49. The molecule has 1 fully saturated rings. The second-order valence-corrected chi connectivity index (χ2v) is 7.03. The number of H-pyrrole nitrogens is 1. The lowest BCUT2D eigenvalue weighted by Gasteiger charge is -2.35. The Morgan fingerprint density at radius 3 is 2.62 bits per heavy atom. The molecule has 0 radical (unpaired) electrons. The van der Waals surface area contributed by atoms with E-state index in [-0.39, 0.29) is 11.9 Å². The quantitative estimate of drug-likeness (QED) is 0.685. The van der Waals surface area contributed by atoms with Crippen LogP contribution in [0.5, 0.6) is 0 Å². The molecule has 8 heteroatoms. The maximum Gasteiger partial charge on any atom is 0.339 e. The number of nitrogens with zero attached hydrogens (tertiary/aromatic N) is 4. The van der Waals surface area contributed by atoms with Gasteiger partial charge in [-0.3, -0.25) is 9.89 Å². The van der Waals surface area contributed by atoms with E-state index >= 15 is 0 Å². The zero-order valence-corrected chi connectivity index (χ0v) is 16.5. The van der Waals surface area contributed by atoms with Crippen LogP contribution in [-0.4, -0.2) is 64.7 Å². The average Bonchev–Trinajstić information content (AvgIpc) is 3.16. The second-order valence-electron chi connectivity index (χ2n) is 7.03. The standard InChI is InChI=1S/C21H23N5O3/c1-3-29-21(28)15-5-7-18(22-13-15)25-8-10-26(11-9-25)20(27)19-16-12-14(2)4-6-17(16)23-24-19/h4-7,12-13H,3,8-11H2,1-2H3,(H,23,24). The number of benzene rings is 1. The lowest BCUT2D eigenvalue weighted by atomic mass is 10.1. The van der Waals surface area contributed by atoms with Crippen LogP contribution >= 0.6 is 0 Å². The summed E-state index contributed by atoms with van der Waals surface area (Å²) >= 11 is 0. The normalized spacial score (nSPS) is 14.3. The summed E-state index contributed by atoms with van der Waals surface area (Å²) < 4.78 is 4.98. The number of aromatic nitrogens is 3. The Kier molecular flexibility index (Phi) is 5.16. The highest BCUT2D eigenvalue weighted by molar-refractivity contribution is 6.04. The van der Waals surface area contributed by atoms with Crippen LogP contribution in [-0.2, 0) is 4.74 Å². The number of hydrogen-bond donors (Lipinski definition) is 1. The molecular formula is C21H23N5O3. The van der Waals surface area contributed by atoms with Gasteiger partial charge in [-0.15, -0.1) is 0 Å². The number of piperazine rings is 1. The van der Waals surface area contributed by atoms with Gasteiger partial charge in [-0.05, 0) is 38.1 Å².